The first kappa shape index (κ1) is 26.7. The molecule has 0 unspecified atom stereocenters. The first-order chi connectivity index (χ1) is 14.4. The normalized spacial score (nSPS) is 18.8. The Labute approximate surface area is 185 Å². The summed E-state index contributed by atoms with van der Waals surface area (Å²) in [6.45, 7) is 7.51. The molecule has 1 aliphatic rings. The first-order valence-corrected chi connectivity index (χ1v) is 11.7. The first-order valence-electron chi connectivity index (χ1n) is 10.8. The number of Topliss-reactive ketones (excluding diaryl/α,β-unsaturated/α-hetero) is 1. The van der Waals surface area contributed by atoms with Crippen LogP contribution in [0.1, 0.15) is 60.7 Å². The summed E-state index contributed by atoms with van der Waals surface area (Å²) in [4.78, 5) is 33.9. The lowest BCUT2D eigenvalue weighted by molar-refractivity contribution is -0.146. The number of hydrogen-bond donors (Lipinski definition) is 1. The van der Waals surface area contributed by atoms with Crippen LogP contribution in [0.3, 0.4) is 0 Å². The molecular formula is C21H39NO7S. The van der Waals surface area contributed by atoms with Gasteiger partial charge in [0.25, 0.3) is 0 Å². The molecule has 1 N–H and O–H groups in total. The molecular weight excluding hydrogens is 410 g/mol. The number of carbonyl (C=O) groups is 3. The van der Waals surface area contributed by atoms with Crippen LogP contribution in [-0.4, -0.2) is 74.0 Å². The van der Waals surface area contributed by atoms with Crippen LogP contribution in [0.2, 0.25) is 0 Å². The predicted molar refractivity (Wildman–Crippen MR) is 118 cm³/mol. The summed E-state index contributed by atoms with van der Waals surface area (Å²) in [6.07, 6.45) is 4.18. The number of rotatable bonds is 15. The standard InChI is InChI=1S/C21H37NO7S.H2/c1-16(2)30-19-7-5-18(6-8-19)22-21(25)29-15-13-27-11-10-26-12-14-28-20(24)9-4-17(3)23;/h16,18-19H,4-15H2,1-3H3,(H,22,25);1H. The molecule has 0 aromatic heterocycles. The third-order valence-electron chi connectivity index (χ3n) is 4.47. The molecule has 0 heterocycles. The van der Waals surface area contributed by atoms with Crippen LogP contribution < -0.4 is 5.32 Å². The highest BCUT2D eigenvalue weighted by Gasteiger charge is 2.23. The van der Waals surface area contributed by atoms with Crippen LogP contribution in [0.4, 0.5) is 4.79 Å². The number of alkyl carbamates (subject to hydrolysis) is 1. The van der Waals surface area contributed by atoms with E-state index in [9.17, 15) is 14.4 Å². The molecule has 1 fully saturated rings. The molecule has 1 rings (SSSR count). The maximum atomic E-state index is 11.8. The molecule has 0 aromatic rings. The fourth-order valence-corrected chi connectivity index (χ4v) is 4.33. The van der Waals surface area contributed by atoms with E-state index >= 15 is 0 Å². The summed E-state index contributed by atoms with van der Waals surface area (Å²) in [6, 6.07) is 0.201. The van der Waals surface area contributed by atoms with Crippen LogP contribution in [0, 0.1) is 0 Å². The van der Waals surface area contributed by atoms with Crippen molar-refractivity contribution in [2.75, 3.05) is 39.6 Å². The van der Waals surface area contributed by atoms with Crippen molar-refractivity contribution in [1.29, 1.82) is 0 Å². The maximum Gasteiger partial charge on any atom is 0.407 e. The lowest BCUT2D eigenvalue weighted by Gasteiger charge is -2.29. The van der Waals surface area contributed by atoms with Crippen molar-refractivity contribution >= 4 is 29.6 Å². The summed E-state index contributed by atoms with van der Waals surface area (Å²) in [5.74, 6) is -0.437. The number of esters is 1. The minimum atomic E-state index is -0.400. The minimum absolute atomic E-state index is 0. The molecule has 0 saturated heterocycles. The minimum Gasteiger partial charge on any atom is -0.463 e. The Morgan fingerprint density at radius 1 is 0.900 bits per heavy atom. The molecule has 0 spiro atoms. The average molecular weight is 450 g/mol. The van der Waals surface area contributed by atoms with Crippen LogP contribution >= 0.6 is 11.8 Å². The van der Waals surface area contributed by atoms with Crippen LogP contribution in [0.25, 0.3) is 0 Å². The Morgan fingerprint density at radius 3 is 2.03 bits per heavy atom. The van der Waals surface area contributed by atoms with Gasteiger partial charge in [0, 0.05) is 19.1 Å². The van der Waals surface area contributed by atoms with Gasteiger partial charge in [0.2, 0.25) is 0 Å². The number of nitrogens with one attached hydrogen (secondary N) is 1. The SMILES string of the molecule is CC(=O)CCC(=O)OCCOCCOCCOC(=O)NC1CCC(SC(C)C)CC1.[HH]. The van der Waals surface area contributed by atoms with E-state index in [0.717, 1.165) is 25.7 Å². The largest absolute Gasteiger partial charge is 0.463 e. The monoisotopic (exact) mass is 449 g/mol. The van der Waals surface area contributed by atoms with E-state index in [1.54, 1.807) is 0 Å². The zero-order chi connectivity index (χ0) is 22.2. The van der Waals surface area contributed by atoms with E-state index in [2.05, 4.69) is 19.2 Å². The molecule has 1 aliphatic carbocycles. The number of thioether (sulfide) groups is 1. The highest BCUT2D eigenvalue weighted by Crippen LogP contribution is 2.31. The summed E-state index contributed by atoms with van der Waals surface area (Å²) < 4.78 is 20.7. The molecule has 0 radical (unpaired) electrons. The fourth-order valence-electron chi connectivity index (χ4n) is 3.02. The molecule has 0 aromatic carbocycles. The second-order valence-corrected chi connectivity index (χ2v) is 9.47. The summed E-state index contributed by atoms with van der Waals surface area (Å²) in [5, 5.41) is 4.28. The Balaban J connectivity index is 0.00000900. The molecule has 0 bridgehead atoms. The molecule has 1 amide bonds. The lowest BCUT2D eigenvalue weighted by Crippen LogP contribution is -2.39. The molecule has 0 atom stereocenters. The molecule has 176 valence electrons. The quantitative estimate of drug-likeness (QED) is 0.300. The number of hydrogen-bond acceptors (Lipinski definition) is 8. The third-order valence-corrected chi connectivity index (χ3v) is 5.87. The van der Waals surface area contributed by atoms with E-state index in [1.807, 2.05) is 11.8 Å². The van der Waals surface area contributed by atoms with Gasteiger partial charge >= 0.3 is 12.1 Å². The number of carbonyl (C=O) groups excluding carboxylic acids is 3. The summed E-state index contributed by atoms with van der Waals surface area (Å²) in [7, 11) is 0. The highest BCUT2D eigenvalue weighted by molar-refractivity contribution is 8.00. The van der Waals surface area contributed by atoms with E-state index in [1.165, 1.54) is 6.92 Å². The zero-order valence-electron chi connectivity index (χ0n) is 18.5. The molecule has 0 aliphatic heterocycles. The Kier molecular flexibility index (Phi) is 14.6. The van der Waals surface area contributed by atoms with Gasteiger partial charge in [-0.2, -0.15) is 11.8 Å². The Morgan fingerprint density at radius 2 is 1.47 bits per heavy atom. The van der Waals surface area contributed by atoms with Gasteiger partial charge in [-0.05, 0) is 37.9 Å². The van der Waals surface area contributed by atoms with Crippen LogP contribution in [-0.2, 0) is 28.5 Å². The molecule has 9 heteroatoms. The predicted octanol–water partition coefficient (Wildman–Crippen LogP) is 3.36. The highest BCUT2D eigenvalue weighted by atomic mass is 32.2. The maximum absolute atomic E-state index is 11.8. The van der Waals surface area contributed by atoms with Gasteiger partial charge in [-0.3, -0.25) is 4.79 Å². The Hall–Kier alpha value is -1.32. The van der Waals surface area contributed by atoms with Gasteiger partial charge in [0.05, 0.1) is 32.8 Å². The van der Waals surface area contributed by atoms with Gasteiger partial charge in [-0.15, -0.1) is 0 Å². The van der Waals surface area contributed by atoms with E-state index in [0.29, 0.717) is 30.3 Å². The molecule has 30 heavy (non-hydrogen) atoms. The number of ether oxygens (including phenoxy) is 4. The Bertz CT molecular complexity index is 514. The van der Waals surface area contributed by atoms with Crippen molar-refractivity contribution in [3.63, 3.8) is 0 Å². The fraction of sp³-hybridized carbons (Fsp3) is 0.857. The van der Waals surface area contributed by atoms with Crippen molar-refractivity contribution in [2.24, 2.45) is 0 Å². The van der Waals surface area contributed by atoms with Gasteiger partial charge in [0.15, 0.2) is 0 Å². The van der Waals surface area contributed by atoms with E-state index in [-0.39, 0.29) is 52.0 Å². The van der Waals surface area contributed by atoms with Crippen molar-refractivity contribution in [3.05, 3.63) is 0 Å². The number of amides is 1. The van der Waals surface area contributed by atoms with Crippen LogP contribution in [0.5, 0.6) is 0 Å². The average Bonchev–Trinajstić information content (AvgIpc) is 2.69. The van der Waals surface area contributed by atoms with E-state index in [4.69, 9.17) is 18.9 Å². The van der Waals surface area contributed by atoms with Crippen molar-refractivity contribution < 1.29 is 34.8 Å². The van der Waals surface area contributed by atoms with Crippen molar-refractivity contribution in [3.8, 4) is 0 Å². The van der Waals surface area contributed by atoms with Gasteiger partial charge in [0.1, 0.15) is 19.0 Å². The van der Waals surface area contributed by atoms with Crippen molar-refractivity contribution in [1.82, 2.24) is 5.32 Å². The smallest absolute Gasteiger partial charge is 0.407 e. The van der Waals surface area contributed by atoms with Crippen molar-refractivity contribution in [2.45, 2.75) is 75.8 Å². The summed E-state index contributed by atoms with van der Waals surface area (Å²) >= 11 is 2.02. The van der Waals surface area contributed by atoms with Gasteiger partial charge in [-0.25, -0.2) is 4.79 Å². The van der Waals surface area contributed by atoms with Gasteiger partial charge in [-0.1, -0.05) is 13.8 Å². The topological polar surface area (TPSA) is 100 Å². The van der Waals surface area contributed by atoms with E-state index < -0.39 is 5.97 Å². The molecule has 8 nitrogen and oxygen atoms in total. The third kappa shape index (κ3) is 14.6. The van der Waals surface area contributed by atoms with Gasteiger partial charge < -0.3 is 29.1 Å². The number of ketones is 1. The second kappa shape index (κ2) is 16.4. The zero-order valence-corrected chi connectivity index (χ0v) is 19.3. The van der Waals surface area contributed by atoms with Crippen LogP contribution in [0.15, 0.2) is 0 Å². The molecule has 1 saturated carbocycles. The lowest BCUT2D eigenvalue weighted by atomic mass is 9.95. The summed E-state index contributed by atoms with van der Waals surface area (Å²) in [5.41, 5.74) is 0. The second-order valence-electron chi connectivity index (χ2n) is 7.59.